The van der Waals surface area contributed by atoms with E-state index in [2.05, 4.69) is 4.72 Å². The van der Waals surface area contributed by atoms with Gasteiger partial charge in [-0.05, 0) is 19.3 Å². The van der Waals surface area contributed by atoms with E-state index in [0.717, 1.165) is 32.1 Å². The fourth-order valence-corrected chi connectivity index (χ4v) is 2.77. The van der Waals surface area contributed by atoms with Crippen molar-refractivity contribution in [3.63, 3.8) is 0 Å². The number of amides is 1. The number of likely N-dealkylation sites (tertiary alicyclic amines) is 1. The first-order valence-corrected chi connectivity index (χ1v) is 7.56. The molecule has 94 valence electrons. The lowest BCUT2D eigenvalue weighted by Gasteiger charge is -2.32. The van der Waals surface area contributed by atoms with Gasteiger partial charge in [0.1, 0.15) is 0 Å². The lowest BCUT2D eigenvalue weighted by Crippen LogP contribution is -2.49. The Labute approximate surface area is 97.2 Å². The van der Waals surface area contributed by atoms with E-state index in [-0.39, 0.29) is 11.9 Å². The molecule has 1 N–H and O–H groups in total. The van der Waals surface area contributed by atoms with Gasteiger partial charge in [-0.1, -0.05) is 6.92 Å². The minimum atomic E-state index is -3.17. The van der Waals surface area contributed by atoms with Gasteiger partial charge in [-0.25, -0.2) is 13.1 Å². The number of hydrogen-bond acceptors (Lipinski definition) is 3. The van der Waals surface area contributed by atoms with Gasteiger partial charge >= 0.3 is 0 Å². The van der Waals surface area contributed by atoms with E-state index in [1.165, 1.54) is 0 Å². The molecule has 0 saturated carbocycles. The molecule has 1 saturated heterocycles. The summed E-state index contributed by atoms with van der Waals surface area (Å²) >= 11 is 0. The maximum Gasteiger partial charge on any atom is 0.222 e. The molecule has 5 nitrogen and oxygen atoms in total. The monoisotopic (exact) mass is 248 g/mol. The number of hydrogen-bond donors (Lipinski definition) is 1. The second-order valence-electron chi connectivity index (χ2n) is 4.32. The van der Waals surface area contributed by atoms with Gasteiger partial charge in [0, 0.05) is 25.6 Å². The zero-order valence-electron chi connectivity index (χ0n) is 9.90. The van der Waals surface area contributed by atoms with Crippen LogP contribution >= 0.6 is 0 Å². The van der Waals surface area contributed by atoms with E-state index in [9.17, 15) is 13.2 Å². The quantitative estimate of drug-likeness (QED) is 0.779. The first kappa shape index (κ1) is 13.4. The van der Waals surface area contributed by atoms with Crippen LogP contribution in [0.25, 0.3) is 0 Å². The summed E-state index contributed by atoms with van der Waals surface area (Å²) in [5, 5.41) is 0. The van der Waals surface area contributed by atoms with E-state index in [4.69, 9.17) is 0 Å². The normalized spacial score (nSPS) is 22.1. The van der Waals surface area contributed by atoms with Gasteiger partial charge in [-0.3, -0.25) is 4.79 Å². The van der Waals surface area contributed by atoms with Gasteiger partial charge < -0.3 is 4.90 Å². The summed E-state index contributed by atoms with van der Waals surface area (Å²) < 4.78 is 24.7. The predicted molar refractivity (Wildman–Crippen MR) is 62.5 cm³/mol. The molecule has 0 aromatic heterocycles. The highest BCUT2D eigenvalue weighted by molar-refractivity contribution is 7.88. The molecule has 0 unspecified atom stereocenters. The highest BCUT2D eigenvalue weighted by Gasteiger charge is 2.24. The van der Waals surface area contributed by atoms with Crippen LogP contribution in [0.4, 0.5) is 0 Å². The van der Waals surface area contributed by atoms with E-state index in [1.807, 2.05) is 6.92 Å². The van der Waals surface area contributed by atoms with Gasteiger partial charge in [0.15, 0.2) is 0 Å². The molecule has 1 amide bonds. The van der Waals surface area contributed by atoms with Crippen molar-refractivity contribution in [2.45, 2.75) is 38.6 Å². The van der Waals surface area contributed by atoms with Crippen molar-refractivity contribution in [2.24, 2.45) is 0 Å². The summed E-state index contributed by atoms with van der Waals surface area (Å²) in [5.41, 5.74) is 0. The smallest absolute Gasteiger partial charge is 0.222 e. The first-order chi connectivity index (χ1) is 7.42. The Hall–Kier alpha value is -0.620. The Kier molecular flexibility index (Phi) is 4.73. The van der Waals surface area contributed by atoms with Crippen LogP contribution in [0.5, 0.6) is 0 Å². The van der Waals surface area contributed by atoms with Crippen LogP contribution in [-0.2, 0) is 14.8 Å². The van der Waals surface area contributed by atoms with Crippen molar-refractivity contribution in [2.75, 3.05) is 19.3 Å². The van der Waals surface area contributed by atoms with Crippen LogP contribution < -0.4 is 4.72 Å². The Balaban J connectivity index is 2.50. The molecule has 1 fully saturated rings. The SMILES string of the molecule is CCCC(=O)N1CCC[C@@H](NS(C)(=O)=O)C1. The molecule has 6 heteroatoms. The Bertz CT molecular complexity index is 340. The third-order valence-electron chi connectivity index (χ3n) is 2.62. The molecule has 1 rings (SSSR count). The van der Waals surface area contributed by atoms with Gasteiger partial charge in [-0.2, -0.15) is 0 Å². The number of carbonyl (C=O) groups is 1. The largest absolute Gasteiger partial charge is 0.341 e. The van der Waals surface area contributed by atoms with Crippen LogP contribution in [0.2, 0.25) is 0 Å². The minimum absolute atomic E-state index is 0.121. The van der Waals surface area contributed by atoms with Crippen LogP contribution in [0.15, 0.2) is 0 Å². The molecule has 1 heterocycles. The zero-order valence-corrected chi connectivity index (χ0v) is 10.7. The van der Waals surface area contributed by atoms with Crippen LogP contribution in [0, 0.1) is 0 Å². The highest BCUT2D eigenvalue weighted by Crippen LogP contribution is 2.12. The standard InChI is InChI=1S/C10H20N2O3S/c1-3-5-10(13)12-7-4-6-9(8-12)11-16(2,14)15/h9,11H,3-8H2,1-2H3/t9-/m1/s1. The van der Waals surface area contributed by atoms with Crippen LogP contribution in [-0.4, -0.2) is 44.6 Å². The van der Waals surface area contributed by atoms with Crippen molar-refractivity contribution in [3.05, 3.63) is 0 Å². The summed E-state index contributed by atoms with van der Waals surface area (Å²) in [6.45, 7) is 3.22. The molecular formula is C10H20N2O3S. The summed E-state index contributed by atoms with van der Waals surface area (Å²) in [6, 6.07) is -0.121. The van der Waals surface area contributed by atoms with Crippen LogP contribution in [0.1, 0.15) is 32.6 Å². The molecule has 1 aliphatic heterocycles. The Morgan fingerprint density at radius 1 is 1.50 bits per heavy atom. The molecule has 0 bridgehead atoms. The average molecular weight is 248 g/mol. The van der Waals surface area contributed by atoms with E-state index in [1.54, 1.807) is 4.90 Å². The number of piperidine rings is 1. The van der Waals surface area contributed by atoms with Gasteiger partial charge in [0.05, 0.1) is 6.26 Å². The summed E-state index contributed by atoms with van der Waals surface area (Å²) in [4.78, 5) is 13.4. The van der Waals surface area contributed by atoms with Crippen molar-refractivity contribution in [1.82, 2.24) is 9.62 Å². The number of sulfonamides is 1. The molecule has 1 atom stereocenters. The second-order valence-corrected chi connectivity index (χ2v) is 6.10. The molecule has 0 aliphatic carbocycles. The molecular weight excluding hydrogens is 228 g/mol. The highest BCUT2D eigenvalue weighted by atomic mass is 32.2. The number of rotatable bonds is 4. The minimum Gasteiger partial charge on any atom is -0.341 e. The van der Waals surface area contributed by atoms with Crippen molar-refractivity contribution >= 4 is 15.9 Å². The molecule has 1 aliphatic rings. The maximum absolute atomic E-state index is 11.7. The summed E-state index contributed by atoms with van der Waals surface area (Å²) in [7, 11) is -3.17. The molecule has 0 aromatic rings. The summed E-state index contributed by atoms with van der Waals surface area (Å²) in [6.07, 6.45) is 4.20. The number of carbonyl (C=O) groups excluding carboxylic acids is 1. The number of nitrogens with one attached hydrogen (secondary N) is 1. The topological polar surface area (TPSA) is 66.5 Å². The third kappa shape index (κ3) is 4.49. The fourth-order valence-electron chi connectivity index (χ4n) is 1.97. The Morgan fingerprint density at radius 3 is 2.75 bits per heavy atom. The lowest BCUT2D eigenvalue weighted by atomic mass is 10.1. The van der Waals surface area contributed by atoms with Gasteiger partial charge in [0.25, 0.3) is 0 Å². The Morgan fingerprint density at radius 2 is 2.19 bits per heavy atom. The molecule has 0 aromatic carbocycles. The first-order valence-electron chi connectivity index (χ1n) is 5.67. The average Bonchev–Trinajstić information content (AvgIpc) is 2.16. The third-order valence-corrected chi connectivity index (χ3v) is 3.38. The van der Waals surface area contributed by atoms with E-state index < -0.39 is 10.0 Å². The molecule has 0 spiro atoms. The fraction of sp³-hybridized carbons (Fsp3) is 0.900. The second kappa shape index (κ2) is 5.63. The molecule has 0 radical (unpaired) electrons. The van der Waals surface area contributed by atoms with Gasteiger partial charge in [-0.15, -0.1) is 0 Å². The van der Waals surface area contributed by atoms with Crippen molar-refractivity contribution in [1.29, 1.82) is 0 Å². The van der Waals surface area contributed by atoms with E-state index >= 15 is 0 Å². The van der Waals surface area contributed by atoms with Crippen molar-refractivity contribution in [3.8, 4) is 0 Å². The maximum atomic E-state index is 11.7. The van der Waals surface area contributed by atoms with Gasteiger partial charge in [0.2, 0.25) is 15.9 Å². The zero-order chi connectivity index (χ0) is 12.2. The summed E-state index contributed by atoms with van der Waals surface area (Å²) in [5.74, 6) is 0.127. The number of nitrogens with zero attached hydrogens (tertiary/aromatic N) is 1. The lowest BCUT2D eigenvalue weighted by molar-refractivity contribution is -0.132. The van der Waals surface area contributed by atoms with E-state index in [0.29, 0.717) is 13.0 Å². The molecule has 16 heavy (non-hydrogen) atoms. The predicted octanol–water partition coefficient (Wildman–Crippen LogP) is 0.327. The van der Waals surface area contributed by atoms with Crippen molar-refractivity contribution < 1.29 is 13.2 Å². The van der Waals surface area contributed by atoms with Crippen LogP contribution in [0.3, 0.4) is 0 Å².